The van der Waals surface area contributed by atoms with Crippen molar-refractivity contribution < 1.29 is 14.1 Å². The zero-order valence-corrected chi connectivity index (χ0v) is 12.0. The van der Waals surface area contributed by atoms with Crippen LogP contribution in [-0.4, -0.2) is 23.2 Å². The number of aromatic amines is 1. The highest BCUT2D eigenvalue weighted by molar-refractivity contribution is 6.13. The number of carbonyl (C=O) groups excluding carboxylic acids is 1. The van der Waals surface area contributed by atoms with E-state index in [0.717, 1.165) is 22.3 Å². The number of carbonyl (C=O) groups is 1. The number of fused-ring (bicyclic) bond motifs is 1. The topological polar surface area (TPSA) is 80.2 Å². The SMILES string of the molecule is COc1ccc2c(C(=O)Nc3cc(C)on3)c(C)[nH]c2c1. The summed E-state index contributed by atoms with van der Waals surface area (Å²) >= 11 is 0. The molecule has 0 atom stereocenters. The molecular weight excluding hydrogens is 270 g/mol. The van der Waals surface area contributed by atoms with Gasteiger partial charge in [-0.3, -0.25) is 4.79 Å². The maximum Gasteiger partial charge on any atom is 0.259 e. The van der Waals surface area contributed by atoms with E-state index >= 15 is 0 Å². The average Bonchev–Trinajstić information content (AvgIpc) is 3.00. The predicted octanol–water partition coefficient (Wildman–Crippen LogP) is 3.03. The van der Waals surface area contributed by atoms with Crippen LogP contribution >= 0.6 is 0 Å². The first-order chi connectivity index (χ1) is 10.1. The van der Waals surface area contributed by atoms with Crippen molar-refractivity contribution >= 4 is 22.6 Å². The van der Waals surface area contributed by atoms with Gasteiger partial charge < -0.3 is 19.6 Å². The number of anilines is 1. The molecule has 0 aliphatic heterocycles. The van der Waals surface area contributed by atoms with Crippen LogP contribution in [-0.2, 0) is 0 Å². The second-order valence-corrected chi connectivity index (χ2v) is 4.81. The van der Waals surface area contributed by atoms with Crippen LogP contribution < -0.4 is 10.1 Å². The highest BCUT2D eigenvalue weighted by Crippen LogP contribution is 2.26. The van der Waals surface area contributed by atoms with Gasteiger partial charge in [0.05, 0.1) is 18.2 Å². The standard InChI is InChI=1S/C15H15N3O3/c1-8-6-13(18-21-8)17-15(19)14-9(2)16-12-7-10(20-3)4-5-11(12)14/h4-7,16H,1-3H3,(H,17,18,19). The van der Waals surface area contributed by atoms with Crippen molar-refractivity contribution in [3.63, 3.8) is 0 Å². The van der Waals surface area contributed by atoms with E-state index in [-0.39, 0.29) is 5.91 Å². The van der Waals surface area contributed by atoms with Crippen LogP contribution in [0.15, 0.2) is 28.8 Å². The third kappa shape index (κ3) is 2.35. The molecule has 0 saturated heterocycles. The van der Waals surface area contributed by atoms with Gasteiger partial charge in [0.25, 0.3) is 5.91 Å². The van der Waals surface area contributed by atoms with Crippen molar-refractivity contribution in [2.24, 2.45) is 0 Å². The van der Waals surface area contributed by atoms with Gasteiger partial charge >= 0.3 is 0 Å². The van der Waals surface area contributed by atoms with Gasteiger partial charge in [0, 0.05) is 23.2 Å². The Morgan fingerprint density at radius 3 is 2.81 bits per heavy atom. The fraction of sp³-hybridized carbons (Fsp3) is 0.200. The molecule has 21 heavy (non-hydrogen) atoms. The summed E-state index contributed by atoms with van der Waals surface area (Å²) in [6.07, 6.45) is 0. The average molecular weight is 285 g/mol. The molecule has 108 valence electrons. The number of hydrogen-bond acceptors (Lipinski definition) is 4. The molecule has 6 nitrogen and oxygen atoms in total. The van der Waals surface area contributed by atoms with Crippen molar-refractivity contribution in [3.8, 4) is 5.75 Å². The maximum atomic E-state index is 12.4. The Kier molecular flexibility index (Phi) is 3.13. The smallest absolute Gasteiger partial charge is 0.259 e. The largest absolute Gasteiger partial charge is 0.497 e. The number of nitrogens with zero attached hydrogens (tertiary/aromatic N) is 1. The van der Waals surface area contributed by atoms with Gasteiger partial charge in [0.2, 0.25) is 0 Å². The van der Waals surface area contributed by atoms with E-state index < -0.39 is 0 Å². The lowest BCUT2D eigenvalue weighted by Gasteiger charge is -2.02. The summed E-state index contributed by atoms with van der Waals surface area (Å²) in [5.41, 5.74) is 2.23. The molecule has 0 bridgehead atoms. The van der Waals surface area contributed by atoms with E-state index in [9.17, 15) is 4.79 Å². The van der Waals surface area contributed by atoms with Crippen LogP contribution in [0.2, 0.25) is 0 Å². The van der Waals surface area contributed by atoms with Gasteiger partial charge in [0.15, 0.2) is 5.82 Å². The van der Waals surface area contributed by atoms with Crippen molar-refractivity contribution in [1.29, 1.82) is 0 Å². The van der Waals surface area contributed by atoms with E-state index in [0.29, 0.717) is 17.1 Å². The Morgan fingerprint density at radius 2 is 2.14 bits per heavy atom. The number of aromatic nitrogens is 2. The Hall–Kier alpha value is -2.76. The highest BCUT2D eigenvalue weighted by Gasteiger charge is 2.17. The normalized spacial score (nSPS) is 10.8. The monoisotopic (exact) mass is 285 g/mol. The van der Waals surface area contributed by atoms with Crippen LogP contribution in [0.5, 0.6) is 5.75 Å². The summed E-state index contributed by atoms with van der Waals surface area (Å²) < 4.78 is 10.1. The Balaban J connectivity index is 1.99. The van der Waals surface area contributed by atoms with Crippen LogP contribution in [0, 0.1) is 13.8 Å². The van der Waals surface area contributed by atoms with Gasteiger partial charge in [-0.25, -0.2) is 0 Å². The number of benzene rings is 1. The molecule has 6 heteroatoms. The number of rotatable bonds is 3. The summed E-state index contributed by atoms with van der Waals surface area (Å²) in [6, 6.07) is 7.22. The Morgan fingerprint density at radius 1 is 1.33 bits per heavy atom. The van der Waals surface area contributed by atoms with E-state index in [1.165, 1.54) is 0 Å². The first-order valence-corrected chi connectivity index (χ1v) is 6.49. The lowest BCUT2D eigenvalue weighted by molar-refractivity contribution is 0.102. The van der Waals surface area contributed by atoms with E-state index in [1.807, 2.05) is 25.1 Å². The summed E-state index contributed by atoms with van der Waals surface area (Å²) in [6.45, 7) is 3.63. The summed E-state index contributed by atoms with van der Waals surface area (Å²) in [5, 5.41) is 7.34. The molecule has 0 aliphatic carbocycles. The lowest BCUT2D eigenvalue weighted by atomic mass is 10.1. The minimum absolute atomic E-state index is 0.225. The van der Waals surface area contributed by atoms with Crippen LogP contribution in [0.4, 0.5) is 5.82 Å². The Bertz CT molecular complexity index is 817. The minimum Gasteiger partial charge on any atom is -0.497 e. The minimum atomic E-state index is -0.225. The fourth-order valence-corrected chi connectivity index (χ4v) is 2.34. The first-order valence-electron chi connectivity index (χ1n) is 6.49. The van der Waals surface area contributed by atoms with Crippen molar-refractivity contribution in [3.05, 3.63) is 41.3 Å². The van der Waals surface area contributed by atoms with Gasteiger partial charge in [-0.15, -0.1) is 0 Å². The second-order valence-electron chi connectivity index (χ2n) is 4.81. The number of ether oxygens (including phenoxy) is 1. The summed E-state index contributed by atoms with van der Waals surface area (Å²) in [5.74, 6) is 1.56. The number of aryl methyl sites for hydroxylation is 2. The van der Waals surface area contributed by atoms with Crippen LogP contribution in [0.3, 0.4) is 0 Å². The van der Waals surface area contributed by atoms with Crippen molar-refractivity contribution in [1.82, 2.24) is 10.1 Å². The van der Waals surface area contributed by atoms with E-state index in [1.54, 1.807) is 20.1 Å². The van der Waals surface area contributed by atoms with Gasteiger partial charge in [-0.05, 0) is 26.0 Å². The predicted molar refractivity (Wildman–Crippen MR) is 78.8 cm³/mol. The zero-order valence-electron chi connectivity index (χ0n) is 12.0. The van der Waals surface area contributed by atoms with Crippen molar-refractivity contribution in [2.75, 3.05) is 12.4 Å². The number of hydrogen-bond donors (Lipinski definition) is 2. The summed E-state index contributed by atoms with van der Waals surface area (Å²) in [4.78, 5) is 15.6. The van der Waals surface area contributed by atoms with Gasteiger partial charge in [-0.2, -0.15) is 0 Å². The number of nitrogens with one attached hydrogen (secondary N) is 2. The molecule has 0 aliphatic rings. The van der Waals surface area contributed by atoms with E-state index in [2.05, 4.69) is 15.5 Å². The molecule has 3 rings (SSSR count). The van der Waals surface area contributed by atoms with Gasteiger partial charge in [0.1, 0.15) is 11.5 Å². The maximum absolute atomic E-state index is 12.4. The van der Waals surface area contributed by atoms with E-state index in [4.69, 9.17) is 9.26 Å². The number of H-pyrrole nitrogens is 1. The third-order valence-corrected chi connectivity index (χ3v) is 3.29. The summed E-state index contributed by atoms with van der Waals surface area (Å²) in [7, 11) is 1.61. The fourth-order valence-electron chi connectivity index (χ4n) is 2.34. The molecule has 0 spiro atoms. The molecule has 0 radical (unpaired) electrons. The third-order valence-electron chi connectivity index (χ3n) is 3.29. The molecule has 1 amide bonds. The highest BCUT2D eigenvalue weighted by atomic mass is 16.5. The molecule has 0 saturated carbocycles. The molecule has 2 aromatic heterocycles. The molecule has 0 fully saturated rings. The van der Waals surface area contributed by atoms with Crippen molar-refractivity contribution in [2.45, 2.75) is 13.8 Å². The molecule has 2 heterocycles. The molecule has 0 unspecified atom stereocenters. The molecule has 1 aromatic carbocycles. The lowest BCUT2D eigenvalue weighted by Crippen LogP contribution is -2.12. The quantitative estimate of drug-likeness (QED) is 0.775. The molecule has 2 N–H and O–H groups in total. The molecular formula is C15H15N3O3. The number of methoxy groups -OCH3 is 1. The van der Waals surface area contributed by atoms with Gasteiger partial charge in [-0.1, -0.05) is 5.16 Å². The zero-order chi connectivity index (χ0) is 15.0. The molecule has 3 aromatic rings. The van der Waals surface area contributed by atoms with Crippen LogP contribution in [0.25, 0.3) is 10.9 Å². The van der Waals surface area contributed by atoms with Crippen LogP contribution in [0.1, 0.15) is 21.8 Å². The number of amides is 1. The first kappa shape index (κ1) is 13.2. The second kappa shape index (κ2) is 4.97. The Labute approximate surface area is 121 Å².